The number of hydrogen-bond acceptors (Lipinski definition) is 8. The Kier molecular flexibility index (Phi) is 10.5. The number of ether oxygens (including phenoxy) is 2. The number of nitrogens with one attached hydrogen (secondary N) is 1. The summed E-state index contributed by atoms with van der Waals surface area (Å²) in [6.07, 6.45) is 1.60. The number of nitrogens with zero attached hydrogens (tertiary/aromatic N) is 1. The number of thiophene rings is 1. The van der Waals surface area contributed by atoms with Crippen molar-refractivity contribution >= 4 is 45.5 Å². The Balaban J connectivity index is 0.000000277. The number of anilines is 2. The molecule has 0 aliphatic carbocycles. The van der Waals surface area contributed by atoms with E-state index in [0.717, 1.165) is 39.7 Å². The van der Waals surface area contributed by atoms with Gasteiger partial charge in [0.2, 0.25) is 0 Å². The molecular formula is C21H27N3O4S. The van der Waals surface area contributed by atoms with Gasteiger partial charge in [-0.15, -0.1) is 11.3 Å². The van der Waals surface area contributed by atoms with Crippen LogP contribution in [0.4, 0.5) is 11.4 Å². The average Bonchev–Trinajstić information content (AvgIpc) is 3.04. The highest BCUT2D eigenvalue weighted by Gasteiger charge is 2.14. The maximum absolute atomic E-state index is 10.8. The summed E-state index contributed by atoms with van der Waals surface area (Å²) in [5.74, 6) is 0. The number of aryl methyl sites for hydroxylation is 1. The van der Waals surface area contributed by atoms with E-state index in [1.165, 1.54) is 11.3 Å². The first kappa shape index (κ1) is 24.2. The van der Waals surface area contributed by atoms with Crippen LogP contribution < -0.4 is 11.1 Å². The topological polar surface area (TPSA) is 104 Å². The molecule has 3 N–H and O–H groups in total. The number of pyridine rings is 1. The monoisotopic (exact) mass is 417 g/mol. The van der Waals surface area contributed by atoms with Crippen molar-refractivity contribution < 1.29 is 19.1 Å². The van der Waals surface area contributed by atoms with E-state index in [0.29, 0.717) is 22.7 Å². The smallest absolute Gasteiger partial charge is 0.162 e. The van der Waals surface area contributed by atoms with Crippen molar-refractivity contribution in [3.05, 3.63) is 52.0 Å². The molecule has 2 aromatic heterocycles. The summed E-state index contributed by atoms with van der Waals surface area (Å²) in [5.41, 5.74) is 10.0. The maximum Gasteiger partial charge on any atom is 0.162 e. The van der Waals surface area contributed by atoms with Crippen LogP contribution in [0.1, 0.15) is 31.3 Å². The van der Waals surface area contributed by atoms with Gasteiger partial charge in [-0.3, -0.25) is 9.59 Å². The van der Waals surface area contributed by atoms with E-state index in [1.807, 2.05) is 32.2 Å². The van der Waals surface area contributed by atoms with Crippen LogP contribution in [-0.2, 0) is 16.1 Å². The molecule has 0 saturated carbocycles. The number of carbonyl (C=O) groups is 2. The second kappa shape index (κ2) is 12.6. The summed E-state index contributed by atoms with van der Waals surface area (Å²) >= 11 is 1.32. The van der Waals surface area contributed by atoms with E-state index in [-0.39, 0.29) is 0 Å². The molecule has 0 aliphatic heterocycles. The van der Waals surface area contributed by atoms with Crippen LogP contribution in [0.3, 0.4) is 0 Å². The van der Waals surface area contributed by atoms with Crippen molar-refractivity contribution in [2.45, 2.75) is 13.5 Å². The van der Waals surface area contributed by atoms with Crippen LogP contribution in [0, 0.1) is 6.92 Å². The predicted octanol–water partition coefficient (Wildman–Crippen LogP) is 3.95. The molecule has 2 heterocycles. The molecule has 3 rings (SSSR count). The number of benzene rings is 1. The number of aromatic nitrogens is 1. The lowest BCUT2D eigenvalue weighted by atomic mass is 10.1. The van der Waals surface area contributed by atoms with Crippen molar-refractivity contribution in [2.24, 2.45) is 0 Å². The lowest BCUT2D eigenvalue weighted by Crippen LogP contribution is -1.95. The van der Waals surface area contributed by atoms with Gasteiger partial charge in [-0.1, -0.05) is 0 Å². The van der Waals surface area contributed by atoms with Crippen LogP contribution in [0.5, 0.6) is 0 Å². The zero-order valence-corrected chi connectivity index (χ0v) is 18.1. The molecule has 0 aliphatic rings. The molecule has 0 radical (unpaired) electrons. The maximum atomic E-state index is 10.8. The average molecular weight is 418 g/mol. The minimum Gasteiger partial charge on any atom is -0.397 e. The highest BCUT2D eigenvalue weighted by molar-refractivity contribution is 7.20. The molecule has 0 amide bonds. The normalized spacial score (nSPS) is 9.69. The Morgan fingerprint density at radius 3 is 2.24 bits per heavy atom. The predicted molar refractivity (Wildman–Crippen MR) is 119 cm³/mol. The van der Waals surface area contributed by atoms with Crippen LogP contribution in [0.25, 0.3) is 10.2 Å². The number of fused-ring (bicyclic) bond motifs is 1. The Hall–Kier alpha value is -2.81. The lowest BCUT2D eigenvalue weighted by Gasteiger charge is -2.04. The van der Waals surface area contributed by atoms with E-state index < -0.39 is 0 Å². The standard InChI is InChI=1S/C11H12N2O2S.C8H9NO.C2H6O/c1-6-3-7(5-15-2)9-10(12)8(4-14)16-11(9)13-6;1-9-8-4-2-7(6-10)3-5-8;1-3-2/h3-4H,5,12H2,1-2H3;2-6,9H,1H3;1-2H3. The fraction of sp³-hybridized carbons (Fsp3) is 0.286. The molecule has 0 fully saturated rings. The zero-order chi connectivity index (χ0) is 21.8. The molecule has 156 valence electrons. The second-order valence-corrected chi connectivity index (χ2v) is 6.96. The molecule has 29 heavy (non-hydrogen) atoms. The molecule has 8 heteroatoms. The SMILES string of the molecule is CNc1ccc(C=O)cc1.COC.COCc1cc(C)nc2sc(C=O)c(N)c12. The van der Waals surface area contributed by atoms with Crippen molar-refractivity contribution in [1.29, 1.82) is 0 Å². The quantitative estimate of drug-likeness (QED) is 0.606. The van der Waals surface area contributed by atoms with E-state index in [9.17, 15) is 9.59 Å². The van der Waals surface area contributed by atoms with E-state index in [2.05, 4.69) is 15.0 Å². The Morgan fingerprint density at radius 2 is 1.76 bits per heavy atom. The third kappa shape index (κ3) is 6.94. The van der Waals surface area contributed by atoms with Gasteiger partial charge in [0.05, 0.1) is 17.2 Å². The van der Waals surface area contributed by atoms with Gasteiger partial charge in [-0.2, -0.15) is 0 Å². The molecule has 0 unspecified atom stereocenters. The van der Waals surface area contributed by atoms with Crippen molar-refractivity contribution in [3.8, 4) is 0 Å². The Bertz CT molecular complexity index is 924. The summed E-state index contributed by atoms with van der Waals surface area (Å²) < 4.78 is 9.37. The number of carbonyl (C=O) groups excluding carboxylic acids is 2. The van der Waals surface area contributed by atoms with Crippen molar-refractivity contribution in [2.75, 3.05) is 39.4 Å². The van der Waals surface area contributed by atoms with Gasteiger partial charge < -0.3 is 20.5 Å². The molecule has 3 aromatic rings. The van der Waals surface area contributed by atoms with Gasteiger partial charge in [0.1, 0.15) is 11.1 Å². The van der Waals surface area contributed by atoms with Gasteiger partial charge in [-0.25, -0.2) is 4.98 Å². The number of nitrogen functional groups attached to an aromatic ring is 1. The summed E-state index contributed by atoms with van der Waals surface area (Å²) in [6, 6.07) is 9.22. The number of aldehydes is 2. The number of nitrogens with two attached hydrogens (primary N) is 1. The summed E-state index contributed by atoms with van der Waals surface area (Å²) in [5, 5.41) is 3.81. The fourth-order valence-electron chi connectivity index (χ4n) is 2.44. The number of hydrogen-bond donors (Lipinski definition) is 2. The van der Waals surface area contributed by atoms with Gasteiger partial charge in [0.25, 0.3) is 0 Å². The summed E-state index contributed by atoms with van der Waals surface area (Å²) in [7, 11) is 6.72. The van der Waals surface area contributed by atoms with Crippen LogP contribution in [0.15, 0.2) is 30.3 Å². The first-order valence-corrected chi connectivity index (χ1v) is 9.53. The van der Waals surface area contributed by atoms with Crippen molar-refractivity contribution in [1.82, 2.24) is 4.98 Å². The third-order valence-electron chi connectivity index (χ3n) is 3.68. The molecule has 0 atom stereocenters. The van der Waals surface area contributed by atoms with Crippen LogP contribution in [-0.4, -0.2) is 45.9 Å². The molecule has 7 nitrogen and oxygen atoms in total. The van der Waals surface area contributed by atoms with Crippen LogP contribution >= 0.6 is 11.3 Å². The van der Waals surface area contributed by atoms with Gasteiger partial charge in [0, 0.05) is 50.7 Å². The molecular weight excluding hydrogens is 390 g/mol. The zero-order valence-electron chi connectivity index (χ0n) is 17.3. The van der Waals surface area contributed by atoms with Gasteiger partial charge in [-0.05, 0) is 42.8 Å². The lowest BCUT2D eigenvalue weighted by molar-refractivity contribution is 0.111. The summed E-state index contributed by atoms with van der Waals surface area (Å²) in [4.78, 5) is 26.7. The number of rotatable bonds is 5. The third-order valence-corrected chi connectivity index (χ3v) is 4.70. The minimum atomic E-state index is 0.471. The first-order chi connectivity index (χ1) is 13.9. The van der Waals surface area contributed by atoms with Crippen LogP contribution in [0.2, 0.25) is 0 Å². The van der Waals surface area contributed by atoms with E-state index in [4.69, 9.17) is 10.5 Å². The van der Waals surface area contributed by atoms with E-state index in [1.54, 1.807) is 33.5 Å². The van der Waals surface area contributed by atoms with Crippen molar-refractivity contribution in [3.63, 3.8) is 0 Å². The van der Waals surface area contributed by atoms with Gasteiger partial charge in [0.15, 0.2) is 6.29 Å². The molecule has 0 bridgehead atoms. The molecule has 1 aromatic carbocycles. The highest BCUT2D eigenvalue weighted by Crippen LogP contribution is 2.34. The Morgan fingerprint density at radius 1 is 1.14 bits per heavy atom. The highest BCUT2D eigenvalue weighted by atomic mass is 32.1. The largest absolute Gasteiger partial charge is 0.397 e. The first-order valence-electron chi connectivity index (χ1n) is 8.71. The second-order valence-electron chi connectivity index (χ2n) is 5.93. The van der Waals surface area contributed by atoms with Gasteiger partial charge >= 0.3 is 0 Å². The van der Waals surface area contributed by atoms with E-state index >= 15 is 0 Å². The minimum absolute atomic E-state index is 0.471. The molecule has 0 spiro atoms. The summed E-state index contributed by atoms with van der Waals surface area (Å²) in [6.45, 7) is 2.38. The Labute approximate surface area is 174 Å². The number of methoxy groups -OCH3 is 2. The molecule has 0 saturated heterocycles. The fourth-order valence-corrected chi connectivity index (χ4v) is 3.44.